The molecule has 0 bridgehead atoms. The number of hydrogen-bond donors (Lipinski definition) is 3. The molecule has 0 saturated carbocycles. The van der Waals surface area contributed by atoms with E-state index >= 15 is 0 Å². The highest BCUT2D eigenvalue weighted by Gasteiger charge is 2.29. The second-order valence-electron chi connectivity index (χ2n) is 3.73. The third kappa shape index (κ3) is 1.28. The molecule has 1 aliphatic heterocycles. The minimum absolute atomic E-state index is 0.0728. The SMILES string of the molecule is OCC1CC2=C(CNC2)CC1O. The molecule has 68 valence electrons. The Balaban J connectivity index is 2.11. The Morgan fingerprint density at radius 3 is 2.58 bits per heavy atom. The first-order chi connectivity index (χ1) is 5.81. The molecule has 0 amide bonds. The van der Waals surface area contributed by atoms with Gasteiger partial charge in [0.2, 0.25) is 0 Å². The van der Waals surface area contributed by atoms with E-state index in [9.17, 15) is 5.11 Å². The second-order valence-corrected chi connectivity index (χ2v) is 3.73. The van der Waals surface area contributed by atoms with Crippen LogP contribution < -0.4 is 5.32 Å². The van der Waals surface area contributed by atoms with Gasteiger partial charge in [-0.25, -0.2) is 0 Å². The van der Waals surface area contributed by atoms with E-state index in [4.69, 9.17) is 5.11 Å². The fourth-order valence-electron chi connectivity index (χ4n) is 2.11. The third-order valence-corrected chi connectivity index (χ3v) is 2.92. The van der Waals surface area contributed by atoms with Crippen LogP contribution in [0.25, 0.3) is 0 Å². The van der Waals surface area contributed by atoms with Gasteiger partial charge in [-0.2, -0.15) is 0 Å². The molecule has 1 heterocycles. The van der Waals surface area contributed by atoms with Gasteiger partial charge in [-0.1, -0.05) is 11.1 Å². The lowest BCUT2D eigenvalue weighted by Gasteiger charge is -2.27. The standard InChI is InChI=1S/C9H15NO2/c11-5-8-1-6-3-10-4-7(6)2-9(8)12/h8-12H,1-5H2. The molecule has 0 radical (unpaired) electrons. The largest absolute Gasteiger partial charge is 0.396 e. The summed E-state index contributed by atoms with van der Waals surface area (Å²) in [6.07, 6.45) is 1.31. The van der Waals surface area contributed by atoms with Gasteiger partial charge in [0.05, 0.1) is 6.10 Å². The Morgan fingerprint density at radius 1 is 1.25 bits per heavy atom. The first-order valence-electron chi connectivity index (χ1n) is 4.50. The van der Waals surface area contributed by atoms with Crippen LogP contribution in [-0.2, 0) is 0 Å². The van der Waals surface area contributed by atoms with E-state index < -0.39 is 0 Å². The summed E-state index contributed by atoms with van der Waals surface area (Å²) in [4.78, 5) is 0. The molecule has 2 rings (SSSR count). The quantitative estimate of drug-likeness (QED) is 0.470. The van der Waals surface area contributed by atoms with Crippen LogP contribution in [0.15, 0.2) is 11.1 Å². The summed E-state index contributed by atoms with van der Waals surface area (Å²) in [5.41, 5.74) is 2.78. The molecule has 0 saturated heterocycles. The molecule has 2 atom stereocenters. The summed E-state index contributed by atoms with van der Waals surface area (Å²) in [6.45, 7) is 2.00. The number of nitrogens with one attached hydrogen (secondary N) is 1. The fraction of sp³-hybridized carbons (Fsp3) is 0.778. The minimum Gasteiger partial charge on any atom is -0.396 e. The topological polar surface area (TPSA) is 52.5 Å². The first kappa shape index (κ1) is 8.23. The Labute approximate surface area is 72.1 Å². The van der Waals surface area contributed by atoms with Crippen molar-refractivity contribution in [3.8, 4) is 0 Å². The Kier molecular flexibility index (Phi) is 2.17. The molecule has 0 aromatic rings. The van der Waals surface area contributed by atoms with E-state index in [1.807, 2.05) is 0 Å². The molecule has 2 unspecified atom stereocenters. The van der Waals surface area contributed by atoms with Crippen LogP contribution in [-0.4, -0.2) is 36.0 Å². The number of aliphatic hydroxyl groups excluding tert-OH is 2. The van der Waals surface area contributed by atoms with Crippen LogP contribution in [0.4, 0.5) is 0 Å². The zero-order chi connectivity index (χ0) is 8.55. The predicted molar refractivity (Wildman–Crippen MR) is 45.7 cm³/mol. The van der Waals surface area contributed by atoms with Gasteiger partial charge in [0, 0.05) is 25.6 Å². The number of hydrogen-bond acceptors (Lipinski definition) is 3. The summed E-state index contributed by atoms with van der Waals surface area (Å²) < 4.78 is 0. The van der Waals surface area contributed by atoms with Gasteiger partial charge in [0.25, 0.3) is 0 Å². The van der Waals surface area contributed by atoms with E-state index in [1.165, 1.54) is 11.1 Å². The molecule has 3 N–H and O–H groups in total. The van der Waals surface area contributed by atoms with Crippen molar-refractivity contribution in [3.63, 3.8) is 0 Å². The summed E-state index contributed by atoms with van der Waals surface area (Å²) in [5, 5.41) is 21.8. The number of aliphatic hydroxyl groups is 2. The van der Waals surface area contributed by atoms with Crippen molar-refractivity contribution in [2.24, 2.45) is 5.92 Å². The fourth-order valence-corrected chi connectivity index (χ4v) is 2.11. The first-order valence-corrected chi connectivity index (χ1v) is 4.50. The van der Waals surface area contributed by atoms with Crippen LogP contribution >= 0.6 is 0 Å². The summed E-state index contributed by atoms with van der Waals surface area (Å²) >= 11 is 0. The van der Waals surface area contributed by atoms with E-state index in [2.05, 4.69) is 5.32 Å². The third-order valence-electron chi connectivity index (χ3n) is 2.92. The van der Waals surface area contributed by atoms with Gasteiger partial charge < -0.3 is 15.5 Å². The van der Waals surface area contributed by atoms with Crippen molar-refractivity contribution in [1.82, 2.24) is 5.32 Å². The van der Waals surface area contributed by atoms with Crippen LogP contribution in [0.1, 0.15) is 12.8 Å². The van der Waals surface area contributed by atoms with E-state index in [1.54, 1.807) is 0 Å². The molecular formula is C9H15NO2. The van der Waals surface area contributed by atoms with Crippen molar-refractivity contribution in [1.29, 1.82) is 0 Å². The molecule has 0 spiro atoms. The van der Waals surface area contributed by atoms with Gasteiger partial charge >= 0.3 is 0 Å². The summed E-state index contributed by atoms with van der Waals surface area (Å²) in [5.74, 6) is 0.0728. The van der Waals surface area contributed by atoms with Gasteiger partial charge in [-0.15, -0.1) is 0 Å². The van der Waals surface area contributed by atoms with E-state index in [-0.39, 0.29) is 18.6 Å². The lowest BCUT2D eigenvalue weighted by Crippen LogP contribution is -2.28. The van der Waals surface area contributed by atoms with Crippen LogP contribution in [0.3, 0.4) is 0 Å². The van der Waals surface area contributed by atoms with Crippen LogP contribution in [0.5, 0.6) is 0 Å². The molecule has 0 aromatic carbocycles. The average molecular weight is 169 g/mol. The van der Waals surface area contributed by atoms with E-state index in [0.29, 0.717) is 0 Å². The van der Waals surface area contributed by atoms with Gasteiger partial charge in [0.1, 0.15) is 0 Å². The lowest BCUT2D eigenvalue weighted by molar-refractivity contribution is 0.0616. The van der Waals surface area contributed by atoms with Crippen molar-refractivity contribution in [2.75, 3.05) is 19.7 Å². The molecule has 3 nitrogen and oxygen atoms in total. The second kappa shape index (κ2) is 3.17. The molecule has 0 fully saturated rings. The maximum atomic E-state index is 9.59. The smallest absolute Gasteiger partial charge is 0.0631 e. The lowest BCUT2D eigenvalue weighted by atomic mass is 9.83. The summed E-state index contributed by atoms with van der Waals surface area (Å²) in [6, 6.07) is 0. The maximum absolute atomic E-state index is 9.59. The minimum atomic E-state index is -0.325. The van der Waals surface area contributed by atoms with Crippen LogP contribution in [0, 0.1) is 5.92 Å². The Hall–Kier alpha value is -0.380. The Bertz CT molecular complexity index is 213. The molecule has 3 heteroatoms. The highest BCUT2D eigenvalue weighted by atomic mass is 16.3. The predicted octanol–water partition coefficient (Wildman–Crippen LogP) is -0.351. The van der Waals surface area contributed by atoms with Crippen molar-refractivity contribution in [2.45, 2.75) is 18.9 Å². The van der Waals surface area contributed by atoms with Gasteiger partial charge in [0.15, 0.2) is 0 Å². The van der Waals surface area contributed by atoms with Crippen molar-refractivity contribution < 1.29 is 10.2 Å². The monoisotopic (exact) mass is 169 g/mol. The zero-order valence-electron chi connectivity index (χ0n) is 7.08. The molecule has 2 aliphatic rings. The summed E-state index contributed by atoms with van der Waals surface area (Å²) in [7, 11) is 0. The average Bonchev–Trinajstić information content (AvgIpc) is 2.49. The highest BCUT2D eigenvalue weighted by Crippen LogP contribution is 2.31. The molecule has 1 aliphatic carbocycles. The zero-order valence-corrected chi connectivity index (χ0v) is 7.08. The molecule has 0 aromatic heterocycles. The van der Waals surface area contributed by atoms with Crippen molar-refractivity contribution >= 4 is 0 Å². The van der Waals surface area contributed by atoms with E-state index in [0.717, 1.165) is 25.9 Å². The normalized spacial score (nSPS) is 35.5. The van der Waals surface area contributed by atoms with Gasteiger partial charge in [-0.3, -0.25) is 0 Å². The van der Waals surface area contributed by atoms with Gasteiger partial charge in [-0.05, 0) is 12.8 Å². The maximum Gasteiger partial charge on any atom is 0.0631 e. The molecular weight excluding hydrogens is 154 g/mol. The van der Waals surface area contributed by atoms with Crippen molar-refractivity contribution in [3.05, 3.63) is 11.1 Å². The molecule has 12 heavy (non-hydrogen) atoms. The van der Waals surface area contributed by atoms with Crippen LogP contribution in [0.2, 0.25) is 0 Å². The number of rotatable bonds is 1. The highest BCUT2D eigenvalue weighted by molar-refractivity contribution is 5.26. The Morgan fingerprint density at radius 2 is 1.92 bits per heavy atom.